The second kappa shape index (κ2) is 14.0. The smallest absolute Gasteiger partial charge is 0.328 e. The number of carboxylic acids is 2. The van der Waals surface area contributed by atoms with E-state index in [1.54, 1.807) is 21.3 Å². The lowest BCUT2D eigenvalue weighted by Crippen LogP contribution is -2.33. The molecule has 0 spiro atoms. The average Bonchev–Trinajstić information content (AvgIpc) is 3.34. The highest BCUT2D eigenvalue weighted by Gasteiger charge is 2.22. The van der Waals surface area contributed by atoms with Crippen molar-refractivity contribution in [3.63, 3.8) is 0 Å². The normalized spacial score (nSPS) is 14.2. The highest BCUT2D eigenvalue weighted by molar-refractivity contribution is 5.89. The van der Waals surface area contributed by atoms with Crippen LogP contribution in [-0.4, -0.2) is 66.6 Å². The SMILES string of the molecule is COc1ccccc1CN1CCC(CCc2noc3c(OC)c(OC)ccc23)CC1.O=C(O)C=CC(=O)O. The molecule has 0 amide bonds. The van der Waals surface area contributed by atoms with Crippen LogP contribution in [0.4, 0.5) is 0 Å². The predicted molar refractivity (Wildman–Crippen MR) is 141 cm³/mol. The number of aromatic nitrogens is 1. The van der Waals surface area contributed by atoms with Crippen LogP contribution < -0.4 is 14.2 Å². The van der Waals surface area contributed by atoms with E-state index in [1.165, 1.54) is 18.4 Å². The lowest BCUT2D eigenvalue weighted by molar-refractivity contribution is -0.134. The number of nitrogens with zero attached hydrogens (tertiary/aromatic N) is 2. The Morgan fingerprint density at radius 3 is 2.24 bits per heavy atom. The number of ether oxygens (including phenoxy) is 3. The molecule has 10 heteroatoms. The van der Waals surface area contributed by atoms with Crippen molar-refractivity contribution in [1.82, 2.24) is 10.1 Å². The lowest BCUT2D eigenvalue weighted by Gasteiger charge is -2.32. The van der Waals surface area contributed by atoms with Crippen molar-refractivity contribution in [3.8, 4) is 17.2 Å². The van der Waals surface area contributed by atoms with Gasteiger partial charge in [0.2, 0.25) is 11.3 Å². The van der Waals surface area contributed by atoms with Gasteiger partial charge in [-0.2, -0.15) is 0 Å². The summed E-state index contributed by atoms with van der Waals surface area (Å²) in [6, 6.07) is 12.2. The molecule has 10 nitrogen and oxygen atoms in total. The van der Waals surface area contributed by atoms with E-state index in [0.717, 1.165) is 49.3 Å². The summed E-state index contributed by atoms with van der Waals surface area (Å²) in [5.41, 5.74) is 2.93. The van der Waals surface area contributed by atoms with Crippen molar-refractivity contribution in [2.24, 2.45) is 5.92 Å². The Kier molecular flexibility index (Phi) is 10.5. The minimum atomic E-state index is -1.26. The van der Waals surface area contributed by atoms with Gasteiger partial charge in [0.25, 0.3) is 0 Å². The largest absolute Gasteiger partial charge is 0.496 e. The topological polar surface area (TPSA) is 132 Å². The second-order valence-corrected chi connectivity index (χ2v) is 8.89. The highest BCUT2D eigenvalue weighted by atomic mass is 16.5. The average molecular weight is 527 g/mol. The second-order valence-electron chi connectivity index (χ2n) is 8.89. The van der Waals surface area contributed by atoms with Crippen molar-refractivity contribution >= 4 is 22.9 Å². The van der Waals surface area contributed by atoms with Gasteiger partial charge in [-0.3, -0.25) is 4.90 Å². The Bertz CT molecular complexity index is 1230. The molecule has 0 radical (unpaired) electrons. The summed E-state index contributed by atoms with van der Waals surface area (Å²) in [5.74, 6) is 0.448. The molecule has 2 aromatic carbocycles. The van der Waals surface area contributed by atoms with E-state index in [-0.39, 0.29) is 0 Å². The van der Waals surface area contributed by atoms with Crippen LogP contribution in [0.2, 0.25) is 0 Å². The maximum Gasteiger partial charge on any atom is 0.328 e. The zero-order valence-electron chi connectivity index (χ0n) is 21.9. The first-order valence-electron chi connectivity index (χ1n) is 12.3. The molecule has 3 aromatic rings. The number of piperidine rings is 1. The fourth-order valence-electron chi connectivity index (χ4n) is 4.54. The summed E-state index contributed by atoms with van der Waals surface area (Å²) in [5, 5.41) is 21.0. The van der Waals surface area contributed by atoms with Gasteiger partial charge >= 0.3 is 11.9 Å². The van der Waals surface area contributed by atoms with E-state index in [4.69, 9.17) is 28.9 Å². The van der Waals surface area contributed by atoms with Gasteiger partial charge in [-0.25, -0.2) is 9.59 Å². The Hall–Kier alpha value is -4.05. The van der Waals surface area contributed by atoms with Crippen molar-refractivity contribution in [3.05, 3.63) is 59.8 Å². The molecule has 2 heterocycles. The van der Waals surface area contributed by atoms with Crippen LogP contribution in [0.5, 0.6) is 17.2 Å². The van der Waals surface area contributed by atoms with Crippen molar-refractivity contribution < 1.29 is 38.5 Å². The van der Waals surface area contributed by atoms with Crippen LogP contribution in [0.15, 0.2) is 53.1 Å². The van der Waals surface area contributed by atoms with Gasteiger partial charge in [0.15, 0.2) is 5.75 Å². The van der Waals surface area contributed by atoms with Gasteiger partial charge in [0.1, 0.15) is 5.75 Å². The van der Waals surface area contributed by atoms with Gasteiger partial charge in [0.05, 0.1) is 27.0 Å². The first-order chi connectivity index (χ1) is 18.4. The molecule has 1 aliphatic heterocycles. The first kappa shape index (κ1) is 28.5. The maximum absolute atomic E-state index is 9.55. The highest BCUT2D eigenvalue weighted by Crippen LogP contribution is 2.37. The number of hydrogen-bond donors (Lipinski definition) is 2. The number of carboxylic acid groups (broad SMARTS) is 2. The minimum absolute atomic E-state index is 0.558. The van der Waals surface area contributed by atoms with Gasteiger partial charge in [-0.05, 0) is 62.9 Å². The van der Waals surface area contributed by atoms with Crippen LogP contribution in [0.1, 0.15) is 30.5 Å². The van der Waals surface area contributed by atoms with Crippen molar-refractivity contribution in [2.45, 2.75) is 32.2 Å². The summed E-state index contributed by atoms with van der Waals surface area (Å²) in [4.78, 5) is 21.6. The van der Waals surface area contributed by atoms with Crippen LogP contribution in [0.25, 0.3) is 11.0 Å². The molecule has 0 saturated carbocycles. The molecule has 0 aliphatic carbocycles. The lowest BCUT2D eigenvalue weighted by atomic mass is 9.91. The molecular weight excluding hydrogens is 492 g/mol. The zero-order chi connectivity index (χ0) is 27.5. The summed E-state index contributed by atoms with van der Waals surface area (Å²) in [6.07, 6.45) is 5.58. The molecule has 1 aromatic heterocycles. The number of carbonyl (C=O) groups is 2. The quantitative estimate of drug-likeness (QED) is 0.366. The molecule has 2 N–H and O–H groups in total. The minimum Gasteiger partial charge on any atom is -0.496 e. The fraction of sp³-hybridized carbons (Fsp3) is 0.393. The third-order valence-corrected chi connectivity index (χ3v) is 6.51. The molecule has 4 rings (SSSR count). The number of fused-ring (bicyclic) bond motifs is 1. The van der Waals surface area contributed by atoms with E-state index in [9.17, 15) is 9.59 Å². The molecular formula is C28H34N2O8. The molecule has 1 saturated heterocycles. The number of likely N-dealkylation sites (tertiary alicyclic amines) is 1. The van der Waals surface area contributed by atoms with Gasteiger partial charge < -0.3 is 28.9 Å². The monoisotopic (exact) mass is 526 g/mol. The van der Waals surface area contributed by atoms with Crippen molar-refractivity contribution in [1.29, 1.82) is 0 Å². The Balaban J connectivity index is 0.000000436. The standard InChI is InChI=1S/C24H30N2O4.C4H4O4/c1-27-21-7-5-4-6-18(21)16-26-14-12-17(13-15-26)8-10-20-19-9-11-22(28-2)24(29-3)23(19)30-25-20;5-3(6)1-2-4(7)8/h4-7,9,11,17H,8,10,12-16H2,1-3H3;1-2H,(H,5,6)(H,7,8). The molecule has 38 heavy (non-hydrogen) atoms. The number of hydrogen-bond acceptors (Lipinski definition) is 8. The van der Waals surface area contributed by atoms with E-state index < -0.39 is 11.9 Å². The predicted octanol–water partition coefficient (Wildman–Crippen LogP) is 4.41. The van der Waals surface area contributed by atoms with Crippen LogP contribution in [-0.2, 0) is 22.6 Å². The Morgan fingerprint density at radius 2 is 1.63 bits per heavy atom. The maximum atomic E-state index is 9.55. The molecule has 1 aliphatic rings. The number of aliphatic carboxylic acids is 2. The molecule has 1 fully saturated rings. The van der Waals surface area contributed by atoms with E-state index in [2.05, 4.69) is 22.2 Å². The number of methoxy groups -OCH3 is 3. The summed E-state index contributed by atoms with van der Waals surface area (Å²) in [6.45, 7) is 3.19. The van der Waals surface area contributed by atoms with Gasteiger partial charge in [-0.1, -0.05) is 23.4 Å². The van der Waals surface area contributed by atoms with E-state index in [1.807, 2.05) is 24.3 Å². The number of para-hydroxylation sites is 1. The summed E-state index contributed by atoms with van der Waals surface area (Å²) in [7, 11) is 4.99. The zero-order valence-corrected chi connectivity index (χ0v) is 21.9. The third kappa shape index (κ3) is 7.72. The van der Waals surface area contributed by atoms with E-state index >= 15 is 0 Å². The third-order valence-electron chi connectivity index (χ3n) is 6.51. The molecule has 204 valence electrons. The molecule has 0 atom stereocenters. The molecule has 0 unspecified atom stereocenters. The number of aryl methyl sites for hydroxylation is 1. The number of benzene rings is 2. The Labute approximate surface area is 221 Å². The van der Waals surface area contributed by atoms with Gasteiger partial charge in [0, 0.05) is 29.6 Å². The fourth-order valence-corrected chi connectivity index (χ4v) is 4.54. The molecule has 0 bridgehead atoms. The van der Waals surface area contributed by atoms with Crippen molar-refractivity contribution in [2.75, 3.05) is 34.4 Å². The first-order valence-corrected chi connectivity index (χ1v) is 12.3. The van der Waals surface area contributed by atoms with Crippen LogP contribution in [0.3, 0.4) is 0 Å². The number of rotatable bonds is 10. The summed E-state index contributed by atoms with van der Waals surface area (Å²) < 4.78 is 21.9. The summed E-state index contributed by atoms with van der Waals surface area (Å²) >= 11 is 0. The Morgan fingerprint density at radius 1 is 0.974 bits per heavy atom. The van der Waals surface area contributed by atoms with Crippen LogP contribution in [0, 0.1) is 5.92 Å². The van der Waals surface area contributed by atoms with Gasteiger partial charge in [-0.15, -0.1) is 0 Å². The van der Waals surface area contributed by atoms with Crippen LogP contribution >= 0.6 is 0 Å². The van der Waals surface area contributed by atoms with E-state index in [0.29, 0.717) is 35.2 Å².